The number of anilines is 1. The van der Waals surface area contributed by atoms with E-state index < -0.39 is 17.8 Å². The molecule has 0 aromatic heterocycles. The van der Waals surface area contributed by atoms with Crippen LogP contribution in [0.5, 0.6) is 11.5 Å². The highest BCUT2D eigenvalue weighted by Gasteiger charge is 2.37. The Balaban J connectivity index is 1.49. The Morgan fingerprint density at radius 3 is 2.44 bits per heavy atom. The number of carbonyl (C=O) groups excluding carboxylic acids is 3. The van der Waals surface area contributed by atoms with Gasteiger partial charge in [-0.3, -0.25) is 14.9 Å². The number of nitrogens with one attached hydrogen (secondary N) is 1. The Kier molecular flexibility index (Phi) is 7.94. The molecule has 1 saturated heterocycles. The van der Waals surface area contributed by atoms with Gasteiger partial charge in [0, 0.05) is 5.56 Å². The molecule has 4 aromatic rings. The molecule has 0 atom stereocenters. The van der Waals surface area contributed by atoms with Gasteiger partial charge in [-0.1, -0.05) is 48.5 Å². The fourth-order valence-electron chi connectivity index (χ4n) is 4.86. The zero-order chi connectivity index (χ0) is 29.3. The van der Waals surface area contributed by atoms with Gasteiger partial charge in [-0.15, -0.1) is 0 Å². The fourth-order valence-corrected chi connectivity index (χ4v) is 5.43. The summed E-state index contributed by atoms with van der Waals surface area (Å²) < 4.78 is 12.8. The van der Waals surface area contributed by atoms with E-state index in [4.69, 9.17) is 9.47 Å². The van der Waals surface area contributed by atoms with Crippen molar-refractivity contribution in [1.29, 1.82) is 0 Å². The van der Waals surface area contributed by atoms with Crippen molar-refractivity contribution in [3.05, 3.63) is 105 Å². The van der Waals surface area contributed by atoms with Crippen molar-refractivity contribution >= 4 is 56.3 Å². The molecule has 41 heavy (non-hydrogen) atoms. The highest BCUT2D eigenvalue weighted by molar-refractivity contribution is 9.10. The van der Waals surface area contributed by atoms with Crippen LogP contribution in [-0.2, 0) is 16.2 Å². The number of amides is 4. The topological polar surface area (TPSA) is 84.9 Å². The smallest absolute Gasteiger partial charge is 0.335 e. The summed E-state index contributed by atoms with van der Waals surface area (Å²) in [5.41, 5.74) is 4.59. The molecule has 1 heterocycles. The van der Waals surface area contributed by atoms with Crippen LogP contribution in [0.3, 0.4) is 0 Å². The van der Waals surface area contributed by atoms with Crippen LogP contribution < -0.4 is 19.7 Å². The van der Waals surface area contributed by atoms with E-state index >= 15 is 0 Å². The Hall–Kier alpha value is -4.43. The maximum absolute atomic E-state index is 13.5. The number of nitrogens with zero attached hydrogens (tertiary/aromatic N) is 1. The van der Waals surface area contributed by atoms with Gasteiger partial charge in [0.05, 0.1) is 16.8 Å². The normalized spacial score (nSPS) is 14.5. The second-order valence-electron chi connectivity index (χ2n) is 9.88. The molecule has 0 unspecified atom stereocenters. The molecule has 8 heteroatoms. The third kappa shape index (κ3) is 5.60. The van der Waals surface area contributed by atoms with Crippen LogP contribution in [0, 0.1) is 20.8 Å². The second kappa shape index (κ2) is 11.6. The lowest BCUT2D eigenvalue weighted by atomic mass is 10.0. The predicted octanol–water partition coefficient (Wildman–Crippen LogP) is 7.17. The lowest BCUT2D eigenvalue weighted by Crippen LogP contribution is -2.54. The van der Waals surface area contributed by atoms with Gasteiger partial charge in [-0.25, -0.2) is 9.69 Å². The largest absolute Gasteiger partial charge is 0.490 e. The van der Waals surface area contributed by atoms with Crippen LogP contribution in [0.15, 0.2) is 76.8 Å². The van der Waals surface area contributed by atoms with Gasteiger partial charge in [0.15, 0.2) is 11.5 Å². The monoisotopic (exact) mass is 612 g/mol. The number of aryl methyl sites for hydroxylation is 3. The van der Waals surface area contributed by atoms with Gasteiger partial charge in [0.25, 0.3) is 11.8 Å². The molecule has 1 aliphatic heterocycles. The second-order valence-corrected chi connectivity index (χ2v) is 10.7. The summed E-state index contributed by atoms with van der Waals surface area (Å²) in [5, 5.41) is 4.54. The molecular formula is C33H29BrN2O5. The van der Waals surface area contributed by atoms with Gasteiger partial charge in [0.1, 0.15) is 12.2 Å². The van der Waals surface area contributed by atoms with E-state index in [2.05, 4.69) is 52.4 Å². The van der Waals surface area contributed by atoms with Crippen LogP contribution in [0.4, 0.5) is 10.5 Å². The first kappa shape index (κ1) is 28.1. The number of barbiturate groups is 1. The molecule has 1 aliphatic rings. The van der Waals surface area contributed by atoms with Crippen molar-refractivity contribution in [2.24, 2.45) is 0 Å². The van der Waals surface area contributed by atoms with E-state index in [-0.39, 0.29) is 5.57 Å². The Labute approximate surface area is 246 Å². The average molecular weight is 614 g/mol. The number of halogens is 1. The summed E-state index contributed by atoms with van der Waals surface area (Å²) in [6, 6.07) is 20.5. The number of ether oxygens (including phenoxy) is 2. The van der Waals surface area contributed by atoms with Crippen LogP contribution in [0.2, 0.25) is 0 Å². The number of urea groups is 1. The molecular weight excluding hydrogens is 584 g/mol. The van der Waals surface area contributed by atoms with Crippen LogP contribution in [-0.4, -0.2) is 24.5 Å². The number of rotatable bonds is 7. The van der Waals surface area contributed by atoms with Gasteiger partial charge >= 0.3 is 6.03 Å². The van der Waals surface area contributed by atoms with Crippen molar-refractivity contribution < 1.29 is 23.9 Å². The Bertz CT molecular complexity index is 1740. The minimum atomic E-state index is -0.783. The van der Waals surface area contributed by atoms with Crippen molar-refractivity contribution in [1.82, 2.24) is 5.32 Å². The SMILES string of the molecule is CCOc1cc(/C=C2\C(=O)NC(=O)N(c3cc(C)ccc3C)C2=O)cc(Br)c1OCc1c(C)ccc2ccccc12. The van der Waals surface area contributed by atoms with E-state index in [0.717, 1.165) is 37.9 Å². The molecule has 0 radical (unpaired) electrons. The quantitative estimate of drug-likeness (QED) is 0.177. The van der Waals surface area contributed by atoms with E-state index in [1.807, 2.05) is 38.1 Å². The van der Waals surface area contributed by atoms with Crippen molar-refractivity contribution in [2.45, 2.75) is 34.3 Å². The highest BCUT2D eigenvalue weighted by Crippen LogP contribution is 2.39. The summed E-state index contributed by atoms with van der Waals surface area (Å²) in [6.45, 7) is 8.29. The number of hydrogen-bond donors (Lipinski definition) is 1. The molecule has 4 amide bonds. The summed E-state index contributed by atoms with van der Waals surface area (Å²) in [7, 11) is 0. The molecule has 7 nitrogen and oxygen atoms in total. The predicted molar refractivity (Wildman–Crippen MR) is 163 cm³/mol. The molecule has 1 N–H and O–H groups in total. The summed E-state index contributed by atoms with van der Waals surface area (Å²) in [5.74, 6) is -0.499. The van der Waals surface area contributed by atoms with Gasteiger partial charge in [-0.2, -0.15) is 0 Å². The van der Waals surface area contributed by atoms with Gasteiger partial charge in [-0.05, 0) is 101 Å². The summed E-state index contributed by atoms with van der Waals surface area (Å²) in [4.78, 5) is 40.0. The first-order valence-electron chi connectivity index (χ1n) is 13.2. The van der Waals surface area contributed by atoms with E-state index in [1.54, 1.807) is 25.1 Å². The number of imide groups is 2. The van der Waals surface area contributed by atoms with Crippen LogP contribution in [0.25, 0.3) is 16.8 Å². The van der Waals surface area contributed by atoms with Crippen molar-refractivity contribution in [2.75, 3.05) is 11.5 Å². The molecule has 4 aromatic carbocycles. The number of carbonyl (C=O) groups is 3. The molecule has 0 saturated carbocycles. The number of benzene rings is 4. The van der Waals surface area contributed by atoms with Crippen LogP contribution in [0.1, 0.15) is 34.7 Å². The van der Waals surface area contributed by atoms with E-state index in [0.29, 0.717) is 40.4 Å². The lowest BCUT2D eigenvalue weighted by Gasteiger charge is -2.28. The standard InChI is InChI=1S/C33H29BrN2O5/c1-5-40-29-17-22(15-25-31(37)35-33(39)36(32(25)38)28-14-19(2)10-11-21(28)4)16-27(34)30(29)41-18-26-20(3)12-13-23-8-6-7-9-24(23)26/h6-17H,5,18H2,1-4H3,(H,35,37,39)/b25-15+. The van der Waals surface area contributed by atoms with Crippen LogP contribution >= 0.6 is 15.9 Å². The highest BCUT2D eigenvalue weighted by atomic mass is 79.9. The maximum Gasteiger partial charge on any atom is 0.335 e. The molecule has 0 aliphatic carbocycles. The fraction of sp³-hybridized carbons (Fsp3) is 0.182. The van der Waals surface area contributed by atoms with Gasteiger partial charge in [0.2, 0.25) is 0 Å². The molecule has 5 rings (SSSR count). The molecule has 208 valence electrons. The number of hydrogen-bond acceptors (Lipinski definition) is 5. The lowest BCUT2D eigenvalue weighted by molar-refractivity contribution is -0.122. The van der Waals surface area contributed by atoms with E-state index in [9.17, 15) is 14.4 Å². The molecule has 1 fully saturated rings. The maximum atomic E-state index is 13.5. The Morgan fingerprint density at radius 2 is 1.66 bits per heavy atom. The summed E-state index contributed by atoms with van der Waals surface area (Å²) in [6.07, 6.45) is 1.45. The third-order valence-corrected chi connectivity index (χ3v) is 7.57. The third-order valence-electron chi connectivity index (χ3n) is 6.99. The zero-order valence-electron chi connectivity index (χ0n) is 23.2. The average Bonchev–Trinajstić information content (AvgIpc) is 2.93. The first-order valence-corrected chi connectivity index (χ1v) is 14.0. The Morgan fingerprint density at radius 1 is 0.902 bits per heavy atom. The van der Waals surface area contributed by atoms with Crippen molar-refractivity contribution in [3.8, 4) is 11.5 Å². The molecule has 0 spiro atoms. The van der Waals surface area contributed by atoms with E-state index in [1.165, 1.54) is 6.08 Å². The van der Waals surface area contributed by atoms with Crippen molar-refractivity contribution in [3.63, 3.8) is 0 Å². The van der Waals surface area contributed by atoms with Gasteiger partial charge < -0.3 is 9.47 Å². The minimum Gasteiger partial charge on any atom is -0.490 e. The minimum absolute atomic E-state index is 0.167. The number of fused-ring (bicyclic) bond motifs is 1. The zero-order valence-corrected chi connectivity index (χ0v) is 24.8. The summed E-state index contributed by atoms with van der Waals surface area (Å²) >= 11 is 3.60. The first-order chi connectivity index (χ1) is 19.7. The molecule has 0 bridgehead atoms.